The summed E-state index contributed by atoms with van der Waals surface area (Å²) in [5.41, 5.74) is 0. The molecule has 0 radical (unpaired) electrons. The average Bonchev–Trinajstić information content (AvgIpc) is 3.08. The van der Waals surface area contributed by atoms with Gasteiger partial charge in [0.15, 0.2) is 6.04 Å². The van der Waals surface area contributed by atoms with Crippen molar-refractivity contribution in [1.82, 2.24) is 16.0 Å². The monoisotopic (exact) mass is 273 g/mol. The first kappa shape index (κ1) is 15.2. The summed E-state index contributed by atoms with van der Waals surface area (Å²) in [7, 11) is 0. The topological polar surface area (TPSA) is 128 Å². The Morgan fingerprint density at radius 3 is 2.16 bits per heavy atom. The number of carbonyl (C=O) groups excluding carboxylic acids is 2. The summed E-state index contributed by atoms with van der Waals surface area (Å²) < 4.78 is 0. The predicted molar refractivity (Wildman–Crippen MR) is 65.4 cm³/mol. The fraction of sp³-hybridized carbons (Fsp3) is 0.727. The minimum absolute atomic E-state index is 0.184. The quantitative estimate of drug-likeness (QED) is 0.415. The van der Waals surface area contributed by atoms with Gasteiger partial charge in [-0.1, -0.05) is 0 Å². The molecule has 3 atom stereocenters. The van der Waals surface area contributed by atoms with Crippen LogP contribution in [0.25, 0.3) is 0 Å². The molecule has 8 nitrogen and oxygen atoms in total. The third-order valence-corrected chi connectivity index (χ3v) is 2.70. The molecule has 0 aromatic carbocycles. The molecule has 1 saturated carbocycles. The standard InChI is InChI=1S/C11H19N3O5/c1-5(9(16)13-7-3-4-7)12-11(19)14-8(6(2)15)10(17)18/h5-8,15H,3-4H2,1-2H3,(H,13,16)(H,17,18)(H2,12,14,19). The number of amides is 3. The minimum Gasteiger partial charge on any atom is -0.480 e. The number of carboxylic acid groups (broad SMARTS) is 1. The Labute approximate surface area is 110 Å². The average molecular weight is 273 g/mol. The van der Waals surface area contributed by atoms with Crippen LogP contribution in [0.3, 0.4) is 0 Å². The minimum atomic E-state index is -1.42. The van der Waals surface area contributed by atoms with Crippen molar-refractivity contribution in [2.45, 2.75) is 50.9 Å². The number of nitrogens with one attached hydrogen (secondary N) is 3. The van der Waals surface area contributed by atoms with Crippen molar-refractivity contribution in [3.8, 4) is 0 Å². The molecule has 0 bridgehead atoms. The van der Waals surface area contributed by atoms with Crippen molar-refractivity contribution >= 4 is 17.9 Å². The molecule has 108 valence electrons. The highest BCUT2D eigenvalue weighted by molar-refractivity contribution is 5.88. The number of aliphatic hydroxyl groups is 1. The molecule has 3 amide bonds. The molecule has 1 aliphatic rings. The number of rotatable bonds is 6. The zero-order chi connectivity index (χ0) is 14.6. The van der Waals surface area contributed by atoms with Gasteiger partial charge in [-0.05, 0) is 26.7 Å². The Bertz CT molecular complexity index is 367. The zero-order valence-corrected chi connectivity index (χ0v) is 10.8. The fourth-order valence-electron chi connectivity index (χ4n) is 1.39. The van der Waals surface area contributed by atoms with Crippen molar-refractivity contribution in [3.63, 3.8) is 0 Å². The van der Waals surface area contributed by atoms with Crippen LogP contribution in [0, 0.1) is 0 Å². The molecule has 0 aliphatic heterocycles. The van der Waals surface area contributed by atoms with E-state index in [0.717, 1.165) is 12.8 Å². The second kappa shape index (κ2) is 6.37. The van der Waals surface area contributed by atoms with Gasteiger partial charge in [0.2, 0.25) is 5.91 Å². The van der Waals surface area contributed by atoms with E-state index in [1.807, 2.05) is 0 Å². The summed E-state index contributed by atoms with van der Waals surface area (Å²) >= 11 is 0. The summed E-state index contributed by atoms with van der Waals surface area (Å²) in [5, 5.41) is 25.1. The van der Waals surface area contributed by atoms with Crippen molar-refractivity contribution < 1.29 is 24.6 Å². The molecule has 0 spiro atoms. The van der Waals surface area contributed by atoms with Gasteiger partial charge in [0.1, 0.15) is 6.04 Å². The zero-order valence-electron chi connectivity index (χ0n) is 10.8. The Balaban J connectivity index is 2.39. The Kier molecular flexibility index (Phi) is 5.11. The molecule has 1 rings (SSSR count). The van der Waals surface area contributed by atoms with Crippen LogP contribution in [0.15, 0.2) is 0 Å². The molecule has 3 unspecified atom stereocenters. The van der Waals surface area contributed by atoms with Crippen LogP contribution in [0.5, 0.6) is 0 Å². The van der Waals surface area contributed by atoms with Crippen LogP contribution in [0.1, 0.15) is 26.7 Å². The van der Waals surface area contributed by atoms with Gasteiger partial charge in [-0.15, -0.1) is 0 Å². The molecule has 5 N–H and O–H groups in total. The van der Waals surface area contributed by atoms with E-state index >= 15 is 0 Å². The van der Waals surface area contributed by atoms with E-state index in [4.69, 9.17) is 5.11 Å². The lowest BCUT2D eigenvalue weighted by Crippen LogP contribution is -2.55. The number of aliphatic carboxylic acids is 1. The third kappa shape index (κ3) is 5.12. The largest absolute Gasteiger partial charge is 0.480 e. The van der Waals surface area contributed by atoms with Crippen LogP contribution < -0.4 is 16.0 Å². The van der Waals surface area contributed by atoms with Gasteiger partial charge in [-0.25, -0.2) is 9.59 Å². The lowest BCUT2D eigenvalue weighted by atomic mass is 10.2. The molecular formula is C11H19N3O5. The molecule has 1 fully saturated rings. The molecule has 19 heavy (non-hydrogen) atoms. The summed E-state index contributed by atoms with van der Waals surface area (Å²) in [6, 6.07) is -2.82. The van der Waals surface area contributed by atoms with E-state index in [0.29, 0.717) is 0 Å². The summed E-state index contributed by atoms with van der Waals surface area (Å²) in [4.78, 5) is 33.8. The van der Waals surface area contributed by atoms with Gasteiger partial charge in [0, 0.05) is 6.04 Å². The Morgan fingerprint density at radius 1 is 1.16 bits per heavy atom. The molecule has 0 aromatic heterocycles. The van der Waals surface area contributed by atoms with E-state index in [9.17, 15) is 19.5 Å². The number of hydrogen-bond donors (Lipinski definition) is 5. The molecule has 1 aliphatic carbocycles. The SMILES string of the molecule is CC(NC(=O)NC(C(=O)O)C(C)O)C(=O)NC1CC1. The van der Waals surface area contributed by atoms with E-state index in [2.05, 4.69) is 16.0 Å². The molecular weight excluding hydrogens is 254 g/mol. The second-order valence-electron chi connectivity index (χ2n) is 4.68. The Morgan fingerprint density at radius 2 is 1.74 bits per heavy atom. The third-order valence-electron chi connectivity index (χ3n) is 2.70. The van der Waals surface area contributed by atoms with Crippen molar-refractivity contribution in [2.24, 2.45) is 0 Å². The van der Waals surface area contributed by atoms with Gasteiger partial charge in [0.25, 0.3) is 0 Å². The van der Waals surface area contributed by atoms with Crippen LogP contribution in [0.2, 0.25) is 0 Å². The number of hydrogen-bond acceptors (Lipinski definition) is 4. The van der Waals surface area contributed by atoms with Crippen molar-refractivity contribution in [3.05, 3.63) is 0 Å². The molecule has 0 saturated heterocycles. The van der Waals surface area contributed by atoms with Crippen LogP contribution in [-0.4, -0.2) is 52.4 Å². The van der Waals surface area contributed by atoms with Gasteiger partial charge in [-0.3, -0.25) is 4.79 Å². The highest BCUT2D eigenvalue weighted by Crippen LogP contribution is 2.18. The lowest BCUT2D eigenvalue weighted by Gasteiger charge is -2.19. The summed E-state index contributed by atoms with van der Waals surface area (Å²) in [6.07, 6.45) is 0.639. The van der Waals surface area contributed by atoms with Gasteiger partial charge in [-0.2, -0.15) is 0 Å². The number of carbonyl (C=O) groups is 3. The smallest absolute Gasteiger partial charge is 0.328 e. The first-order chi connectivity index (χ1) is 8.81. The summed E-state index contributed by atoms with van der Waals surface area (Å²) in [6.45, 7) is 2.75. The number of aliphatic hydroxyl groups excluding tert-OH is 1. The first-order valence-corrected chi connectivity index (χ1v) is 6.09. The van der Waals surface area contributed by atoms with Crippen LogP contribution >= 0.6 is 0 Å². The fourth-order valence-corrected chi connectivity index (χ4v) is 1.39. The predicted octanol–water partition coefficient (Wildman–Crippen LogP) is -1.21. The van der Waals surface area contributed by atoms with E-state index in [1.165, 1.54) is 13.8 Å². The van der Waals surface area contributed by atoms with Gasteiger partial charge < -0.3 is 26.2 Å². The number of urea groups is 1. The lowest BCUT2D eigenvalue weighted by molar-refractivity contribution is -0.141. The maximum absolute atomic E-state index is 11.6. The maximum Gasteiger partial charge on any atom is 0.328 e. The van der Waals surface area contributed by atoms with Gasteiger partial charge in [0.05, 0.1) is 6.10 Å². The van der Waals surface area contributed by atoms with Crippen molar-refractivity contribution in [2.75, 3.05) is 0 Å². The van der Waals surface area contributed by atoms with Crippen LogP contribution in [0.4, 0.5) is 4.79 Å². The van der Waals surface area contributed by atoms with E-state index in [-0.39, 0.29) is 11.9 Å². The second-order valence-corrected chi connectivity index (χ2v) is 4.68. The molecule has 0 aromatic rings. The highest BCUT2D eigenvalue weighted by Gasteiger charge is 2.28. The van der Waals surface area contributed by atoms with Gasteiger partial charge >= 0.3 is 12.0 Å². The highest BCUT2D eigenvalue weighted by atomic mass is 16.4. The molecule has 0 heterocycles. The first-order valence-electron chi connectivity index (χ1n) is 6.09. The normalized spacial score (nSPS) is 18.9. The Hall–Kier alpha value is -1.83. The summed E-state index contributed by atoms with van der Waals surface area (Å²) in [5.74, 6) is -1.66. The van der Waals surface area contributed by atoms with E-state index in [1.54, 1.807) is 0 Å². The van der Waals surface area contributed by atoms with E-state index < -0.39 is 30.2 Å². The molecule has 8 heteroatoms. The maximum atomic E-state index is 11.6. The number of carboxylic acids is 1. The van der Waals surface area contributed by atoms with Crippen molar-refractivity contribution in [1.29, 1.82) is 0 Å². The van der Waals surface area contributed by atoms with Crippen LogP contribution in [-0.2, 0) is 9.59 Å².